The molecule has 3 saturated heterocycles. The highest BCUT2D eigenvalue weighted by atomic mass is 27.2. The normalized spacial score (nSPS) is 29.9. The Kier molecular flexibility index (Phi) is 7.03. The number of nitrogens with one attached hydrogen (secondary N) is 2. The summed E-state index contributed by atoms with van der Waals surface area (Å²) < 4.78 is 8.93. The molecule has 0 saturated carbocycles. The maximum Gasteiger partial charge on any atom is 0.589 e. The SMILES string of the molecule is CB1NB(C)[N]([Al]([N]2C(C)(C)CCCC2(C)C)[N]2C(C)(C)CCCC2(C)C)B(C)N1. The Balaban J connectivity index is 2.18. The summed E-state index contributed by atoms with van der Waals surface area (Å²) in [6, 6.07) is 0. The molecule has 3 aliphatic rings. The van der Waals surface area contributed by atoms with E-state index in [2.05, 4.69) is 97.6 Å². The van der Waals surface area contributed by atoms with Gasteiger partial charge >= 0.3 is 14.8 Å². The predicted octanol–water partition coefficient (Wildman–Crippen LogP) is 3.91. The summed E-state index contributed by atoms with van der Waals surface area (Å²) in [6.45, 7) is 28.2. The molecule has 3 rings (SSSR count). The third-order valence-corrected chi connectivity index (χ3v) is 13.5. The van der Waals surface area contributed by atoms with Crippen molar-refractivity contribution in [3.63, 3.8) is 0 Å². The van der Waals surface area contributed by atoms with E-state index in [1.165, 1.54) is 38.5 Å². The summed E-state index contributed by atoms with van der Waals surface area (Å²) in [4.78, 5) is 0. The summed E-state index contributed by atoms with van der Waals surface area (Å²) in [7, 11) is 0. The Bertz CT molecular complexity index is 548. The van der Waals surface area contributed by atoms with Crippen LogP contribution in [0.3, 0.4) is 0 Å². The van der Waals surface area contributed by atoms with Gasteiger partial charge < -0.3 is 21.8 Å². The van der Waals surface area contributed by atoms with Crippen LogP contribution in [0, 0.1) is 0 Å². The van der Waals surface area contributed by atoms with Crippen molar-refractivity contribution in [2.24, 2.45) is 0 Å². The maximum absolute atomic E-state index is 3.82. The van der Waals surface area contributed by atoms with Crippen LogP contribution in [-0.2, 0) is 0 Å². The van der Waals surface area contributed by atoms with E-state index in [0.29, 0.717) is 20.9 Å². The summed E-state index contributed by atoms with van der Waals surface area (Å²) in [6.07, 6.45) is 7.85. The monoisotopic (exact) mass is 429 g/mol. The first kappa shape index (κ1) is 25.2. The van der Waals surface area contributed by atoms with Crippen molar-refractivity contribution >= 4 is 35.8 Å². The summed E-state index contributed by atoms with van der Waals surface area (Å²) >= 11 is -1.75. The third kappa shape index (κ3) is 4.60. The second kappa shape index (κ2) is 8.39. The van der Waals surface area contributed by atoms with E-state index in [-0.39, 0.29) is 22.2 Å². The molecule has 0 radical (unpaired) electrons. The van der Waals surface area contributed by atoms with E-state index in [1.54, 1.807) is 0 Å². The Hall–Kier alpha value is 0.527. The van der Waals surface area contributed by atoms with Gasteiger partial charge in [0.25, 0.3) is 20.9 Å². The van der Waals surface area contributed by atoms with Crippen molar-refractivity contribution in [3.05, 3.63) is 0 Å². The third-order valence-electron chi connectivity index (χ3n) is 8.37. The minimum atomic E-state index is -1.75. The van der Waals surface area contributed by atoms with Crippen LogP contribution < -0.4 is 10.3 Å². The average Bonchev–Trinajstić information content (AvgIpc) is 2.49. The van der Waals surface area contributed by atoms with Crippen LogP contribution in [0.1, 0.15) is 93.9 Å². The highest BCUT2D eigenvalue weighted by Gasteiger charge is 2.62. The van der Waals surface area contributed by atoms with Gasteiger partial charge in [-0.3, -0.25) is 0 Å². The van der Waals surface area contributed by atoms with Crippen LogP contribution in [0.5, 0.6) is 0 Å². The second-order valence-electron chi connectivity index (χ2n) is 12.9. The van der Waals surface area contributed by atoms with Gasteiger partial charge in [0.15, 0.2) is 0 Å². The summed E-state index contributed by atoms with van der Waals surface area (Å²) in [5.41, 5.74) is 0.852. The molecule has 0 aromatic rings. The first-order valence-corrected chi connectivity index (χ1v) is 14.0. The standard InChI is InChI=1S/2C9H18N.C3H11B3N3.Al/c2*1-8(2)6-5-7-9(3,4)10-8;1-4-7-5(2)9-6(3)8-4;/h2*5-7H2,1-4H3;7-8H,1-3H3;/q3*-1;+3. The average molecular weight is 429 g/mol. The van der Waals surface area contributed by atoms with E-state index in [0.717, 1.165) is 0 Å². The van der Waals surface area contributed by atoms with Crippen molar-refractivity contribution < 1.29 is 0 Å². The van der Waals surface area contributed by atoms with E-state index in [4.69, 9.17) is 0 Å². The van der Waals surface area contributed by atoms with E-state index in [9.17, 15) is 0 Å². The molecule has 30 heavy (non-hydrogen) atoms. The molecular weight excluding hydrogens is 382 g/mol. The zero-order chi connectivity index (χ0) is 22.7. The number of nitrogens with zero attached hydrogens (tertiary/aromatic N) is 3. The van der Waals surface area contributed by atoms with E-state index < -0.39 is 14.8 Å². The lowest BCUT2D eigenvalue weighted by molar-refractivity contribution is -0.0121. The zero-order valence-electron chi connectivity index (χ0n) is 21.9. The smallest absolute Gasteiger partial charge is 0.416 e. The van der Waals surface area contributed by atoms with Crippen molar-refractivity contribution in [2.45, 2.75) is 137 Å². The molecule has 0 spiro atoms. The van der Waals surface area contributed by atoms with Crippen LogP contribution in [0.4, 0.5) is 0 Å². The molecular formula is C21H47AlB3N5. The fourth-order valence-electron chi connectivity index (χ4n) is 7.34. The van der Waals surface area contributed by atoms with Gasteiger partial charge in [-0.2, -0.15) is 0 Å². The second-order valence-corrected chi connectivity index (χ2v) is 15.2. The van der Waals surface area contributed by atoms with Crippen molar-refractivity contribution in [1.29, 1.82) is 0 Å². The molecule has 3 heterocycles. The van der Waals surface area contributed by atoms with Crippen LogP contribution in [0.2, 0.25) is 20.5 Å². The zero-order valence-corrected chi connectivity index (χ0v) is 23.0. The molecule has 3 aliphatic heterocycles. The Morgan fingerprint density at radius 2 is 0.900 bits per heavy atom. The van der Waals surface area contributed by atoms with Crippen molar-refractivity contribution in [2.75, 3.05) is 0 Å². The fraction of sp³-hybridized carbons (Fsp3) is 1.00. The van der Waals surface area contributed by atoms with Crippen LogP contribution in [0.15, 0.2) is 0 Å². The summed E-state index contributed by atoms with van der Waals surface area (Å²) in [5, 5.41) is 7.65. The minimum Gasteiger partial charge on any atom is -0.416 e. The number of hydrogen-bond acceptors (Lipinski definition) is 5. The topological polar surface area (TPSA) is 33.8 Å². The highest BCUT2D eigenvalue weighted by molar-refractivity contribution is 6.93. The Morgan fingerprint density at radius 3 is 1.20 bits per heavy atom. The molecule has 0 aromatic carbocycles. The molecule has 0 aromatic heterocycles. The summed E-state index contributed by atoms with van der Waals surface area (Å²) in [5.74, 6) is 0. The lowest BCUT2D eigenvalue weighted by Gasteiger charge is -2.66. The predicted molar refractivity (Wildman–Crippen MR) is 136 cm³/mol. The van der Waals surface area contributed by atoms with Gasteiger partial charge in [-0.25, -0.2) is 0 Å². The van der Waals surface area contributed by atoms with Gasteiger partial charge in [-0.05, 0) is 116 Å². The molecule has 2 N–H and O–H groups in total. The molecule has 0 unspecified atom stereocenters. The molecule has 9 heteroatoms. The highest BCUT2D eigenvalue weighted by Crippen LogP contribution is 2.46. The molecule has 0 atom stereocenters. The van der Waals surface area contributed by atoms with Crippen LogP contribution >= 0.6 is 0 Å². The first-order valence-electron chi connectivity index (χ1n) is 12.5. The molecule has 0 aliphatic carbocycles. The molecule has 5 nitrogen and oxygen atoms in total. The Morgan fingerprint density at radius 1 is 0.600 bits per heavy atom. The van der Waals surface area contributed by atoms with Gasteiger partial charge in [0, 0.05) is 0 Å². The van der Waals surface area contributed by atoms with Crippen LogP contribution in [0.25, 0.3) is 0 Å². The molecule has 0 amide bonds. The number of rotatable bonds is 3. The fourth-order valence-corrected chi connectivity index (χ4v) is 12.1. The van der Waals surface area contributed by atoms with E-state index in [1.807, 2.05) is 0 Å². The lowest BCUT2D eigenvalue weighted by Crippen LogP contribution is -2.87. The van der Waals surface area contributed by atoms with Gasteiger partial charge in [0.1, 0.15) is 0 Å². The molecule has 3 fully saturated rings. The maximum atomic E-state index is 3.82. The van der Waals surface area contributed by atoms with Crippen LogP contribution in [-0.4, -0.2) is 69.4 Å². The molecule has 168 valence electrons. The van der Waals surface area contributed by atoms with Crippen molar-refractivity contribution in [3.8, 4) is 0 Å². The minimum absolute atomic E-state index is 0.213. The Labute approximate surface area is 193 Å². The first-order chi connectivity index (χ1) is 13.6. The van der Waals surface area contributed by atoms with Gasteiger partial charge in [-0.1, -0.05) is 20.5 Å². The largest absolute Gasteiger partial charge is 0.589 e. The number of hydrogen-bond donors (Lipinski definition) is 2. The van der Waals surface area contributed by atoms with Gasteiger partial charge in [0.05, 0.1) is 0 Å². The molecule has 0 bridgehead atoms. The van der Waals surface area contributed by atoms with Crippen molar-refractivity contribution in [1.82, 2.24) is 21.8 Å². The quantitative estimate of drug-likeness (QED) is 0.666. The van der Waals surface area contributed by atoms with E-state index >= 15 is 0 Å². The van der Waals surface area contributed by atoms with Gasteiger partial charge in [0.2, 0.25) is 0 Å². The number of piperidine rings is 2. The van der Waals surface area contributed by atoms with Gasteiger partial charge in [-0.15, -0.1) is 0 Å². The lowest BCUT2D eigenvalue weighted by atomic mass is 9.52.